The SMILES string of the molecule is Oc1cccc(Nc2ccnc(NCl)n2)c1. The van der Waals surface area contributed by atoms with E-state index in [1.54, 1.807) is 30.5 Å². The molecule has 0 bridgehead atoms. The maximum atomic E-state index is 9.29. The molecule has 0 aliphatic rings. The summed E-state index contributed by atoms with van der Waals surface area (Å²) in [6.07, 6.45) is 1.57. The standard InChI is InChI=1S/C10H9ClN4O/c11-15-10-12-5-4-9(14-10)13-7-2-1-3-8(16)6-7/h1-6,16H,(H2,12,13,14,15). The van der Waals surface area contributed by atoms with Crippen molar-refractivity contribution in [3.63, 3.8) is 0 Å². The monoisotopic (exact) mass is 236 g/mol. The summed E-state index contributed by atoms with van der Waals surface area (Å²) < 4.78 is 0. The predicted octanol–water partition coefficient (Wildman–Crippen LogP) is 2.49. The Kier molecular flexibility index (Phi) is 3.07. The first-order valence-corrected chi connectivity index (χ1v) is 4.91. The van der Waals surface area contributed by atoms with Gasteiger partial charge < -0.3 is 10.4 Å². The summed E-state index contributed by atoms with van der Waals surface area (Å²) in [5.74, 6) is 1.09. The minimum Gasteiger partial charge on any atom is -0.508 e. The van der Waals surface area contributed by atoms with Crippen molar-refractivity contribution in [1.29, 1.82) is 0 Å². The van der Waals surface area contributed by atoms with Crippen molar-refractivity contribution in [2.75, 3.05) is 10.2 Å². The van der Waals surface area contributed by atoms with Crippen LogP contribution < -0.4 is 10.2 Å². The van der Waals surface area contributed by atoms with Crippen molar-refractivity contribution in [1.82, 2.24) is 9.97 Å². The lowest BCUT2D eigenvalue weighted by Gasteiger charge is -2.06. The van der Waals surface area contributed by atoms with E-state index in [0.29, 0.717) is 11.8 Å². The molecule has 6 heteroatoms. The van der Waals surface area contributed by atoms with Crippen LogP contribution in [0, 0.1) is 0 Å². The number of anilines is 3. The molecule has 0 fully saturated rings. The molecule has 1 aromatic heterocycles. The Balaban J connectivity index is 2.20. The molecule has 82 valence electrons. The summed E-state index contributed by atoms with van der Waals surface area (Å²) in [5.41, 5.74) is 0.735. The zero-order chi connectivity index (χ0) is 11.4. The molecule has 0 amide bonds. The molecule has 2 rings (SSSR count). The molecule has 0 unspecified atom stereocenters. The average Bonchev–Trinajstić information content (AvgIpc) is 2.29. The number of benzene rings is 1. The van der Waals surface area contributed by atoms with E-state index >= 15 is 0 Å². The molecule has 2 aromatic rings. The van der Waals surface area contributed by atoms with Crippen molar-refractivity contribution in [3.05, 3.63) is 36.5 Å². The van der Waals surface area contributed by atoms with Crippen LogP contribution >= 0.6 is 11.8 Å². The van der Waals surface area contributed by atoms with E-state index in [0.717, 1.165) is 5.69 Å². The molecule has 0 radical (unpaired) electrons. The van der Waals surface area contributed by atoms with E-state index in [9.17, 15) is 5.11 Å². The van der Waals surface area contributed by atoms with Gasteiger partial charge in [-0.3, -0.25) is 4.84 Å². The summed E-state index contributed by atoms with van der Waals surface area (Å²) >= 11 is 5.38. The summed E-state index contributed by atoms with van der Waals surface area (Å²) in [7, 11) is 0. The Morgan fingerprint density at radius 1 is 1.25 bits per heavy atom. The topological polar surface area (TPSA) is 70.1 Å². The van der Waals surface area contributed by atoms with Gasteiger partial charge in [-0.1, -0.05) is 6.07 Å². The summed E-state index contributed by atoms with van der Waals surface area (Å²) in [4.78, 5) is 10.3. The van der Waals surface area contributed by atoms with Gasteiger partial charge >= 0.3 is 0 Å². The number of hydrogen-bond donors (Lipinski definition) is 3. The number of nitrogens with one attached hydrogen (secondary N) is 2. The highest BCUT2D eigenvalue weighted by Gasteiger charge is 1.99. The van der Waals surface area contributed by atoms with E-state index in [1.165, 1.54) is 0 Å². The number of hydrogen-bond acceptors (Lipinski definition) is 5. The fourth-order valence-electron chi connectivity index (χ4n) is 1.21. The van der Waals surface area contributed by atoms with Gasteiger partial charge in [-0.25, -0.2) is 4.98 Å². The Morgan fingerprint density at radius 3 is 2.88 bits per heavy atom. The normalized spacial score (nSPS) is 9.81. The molecule has 0 aliphatic heterocycles. The molecule has 0 atom stereocenters. The average molecular weight is 237 g/mol. The van der Waals surface area contributed by atoms with Gasteiger partial charge in [-0.05, 0) is 18.2 Å². The van der Waals surface area contributed by atoms with Gasteiger partial charge in [0.25, 0.3) is 0 Å². The second kappa shape index (κ2) is 4.67. The van der Waals surface area contributed by atoms with E-state index in [1.807, 2.05) is 6.07 Å². The minimum absolute atomic E-state index is 0.190. The molecule has 1 heterocycles. The van der Waals surface area contributed by atoms with E-state index in [2.05, 4.69) is 20.1 Å². The molecule has 5 nitrogen and oxygen atoms in total. The van der Waals surface area contributed by atoms with Gasteiger partial charge in [0.15, 0.2) is 0 Å². The Bertz CT molecular complexity index is 492. The highest BCUT2D eigenvalue weighted by Crippen LogP contribution is 2.19. The number of nitrogens with zero attached hydrogens (tertiary/aromatic N) is 2. The first kappa shape index (κ1) is 10.5. The molecular weight excluding hydrogens is 228 g/mol. The van der Waals surface area contributed by atoms with E-state index in [-0.39, 0.29) is 5.75 Å². The van der Waals surface area contributed by atoms with Crippen LogP contribution in [0.5, 0.6) is 5.75 Å². The van der Waals surface area contributed by atoms with E-state index < -0.39 is 0 Å². The number of phenolic OH excluding ortho intramolecular Hbond substituents is 1. The van der Waals surface area contributed by atoms with Crippen molar-refractivity contribution in [2.24, 2.45) is 0 Å². The van der Waals surface area contributed by atoms with E-state index in [4.69, 9.17) is 11.8 Å². The number of aromatic nitrogens is 2. The van der Waals surface area contributed by atoms with Crippen molar-refractivity contribution in [3.8, 4) is 5.75 Å². The van der Waals surface area contributed by atoms with Crippen molar-refractivity contribution < 1.29 is 5.11 Å². The second-order valence-corrected chi connectivity index (χ2v) is 3.22. The Labute approximate surface area is 97.2 Å². The largest absolute Gasteiger partial charge is 0.508 e. The molecule has 1 aromatic carbocycles. The Hall–Kier alpha value is -2.01. The highest BCUT2D eigenvalue weighted by atomic mass is 35.5. The maximum absolute atomic E-state index is 9.29. The molecule has 0 spiro atoms. The van der Waals surface area contributed by atoms with Crippen LogP contribution in [0.4, 0.5) is 17.5 Å². The highest BCUT2D eigenvalue weighted by molar-refractivity contribution is 6.23. The number of rotatable bonds is 3. The molecule has 0 saturated heterocycles. The number of aromatic hydroxyl groups is 1. The number of phenols is 1. The Morgan fingerprint density at radius 2 is 2.12 bits per heavy atom. The zero-order valence-corrected chi connectivity index (χ0v) is 8.94. The third-order valence-corrected chi connectivity index (χ3v) is 2.03. The van der Waals surface area contributed by atoms with Gasteiger partial charge in [0.05, 0.1) is 0 Å². The lowest BCUT2D eigenvalue weighted by Crippen LogP contribution is -1.97. The van der Waals surface area contributed by atoms with Crippen LogP contribution in [-0.2, 0) is 0 Å². The van der Waals surface area contributed by atoms with Gasteiger partial charge in [-0.15, -0.1) is 0 Å². The smallest absolute Gasteiger partial charge is 0.239 e. The van der Waals surface area contributed by atoms with Crippen LogP contribution in [0.15, 0.2) is 36.5 Å². The molecule has 16 heavy (non-hydrogen) atoms. The van der Waals surface area contributed by atoms with Crippen LogP contribution in [0.3, 0.4) is 0 Å². The van der Waals surface area contributed by atoms with Crippen LogP contribution in [0.2, 0.25) is 0 Å². The zero-order valence-electron chi connectivity index (χ0n) is 8.18. The summed E-state index contributed by atoms with van der Waals surface area (Å²) in [6, 6.07) is 8.43. The first-order chi connectivity index (χ1) is 7.78. The third kappa shape index (κ3) is 2.52. The fraction of sp³-hybridized carbons (Fsp3) is 0. The molecule has 0 saturated carbocycles. The van der Waals surface area contributed by atoms with Gasteiger partial charge in [-0.2, -0.15) is 4.98 Å². The van der Waals surface area contributed by atoms with Gasteiger partial charge in [0.1, 0.15) is 11.6 Å². The first-order valence-electron chi connectivity index (χ1n) is 4.53. The third-order valence-electron chi connectivity index (χ3n) is 1.86. The van der Waals surface area contributed by atoms with Crippen molar-refractivity contribution >= 4 is 29.2 Å². The minimum atomic E-state index is 0.190. The van der Waals surface area contributed by atoms with Gasteiger partial charge in [0.2, 0.25) is 5.95 Å². The second-order valence-electron chi connectivity index (χ2n) is 3.04. The predicted molar refractivity (Wildman–Crippen MR) is 62.9 cm³/mol. The van der Waals surface area contributed by atoms with Crippen LogP contribution in [0.25, 0.3) is 0 Å². The summed E-state index contributed by atoms with van der Waals surface area (Å²) in [5, 5.41) is 12.3. The van der Waals surface area contributed by atoms with Gasteiger partial charge in [0, 0.05) is 29.7 Å². The lowest BCUT2D eigenvalue weighted by atomic mass is 10.3. The van der Waals surface area contributed by atoms with Crippen LogP contribution in [0.1, 0.15) is 0 Å². The quantitative estimate of drug-likeness (QED) is 0.715. The fourth-order valence-corrected chi connectivity index (χ4v) is 1.30. The van der Waals surface area contributed by atoms with Crippen LogP contribution in [-0.4, -0.2) is 15.1 Å². The van der Waals surface area contributed by atoms with Crippen molar-refractivity contribution in [2.45, 2.75) is 0 Å². The lowest BCUT2D eigenvalue weighted by molar-refractivity contribution is 0.475. The number of halogens is 1. The molecule has 3 N–H and O–H groups in total. The maximum Gasteiger partial charge on any atom is 0.239 e. The molecule has 0 aliphatic carbocycles. The summed E-state index contributed by atoms with van der Waals surface area (Å²) in [6.45, 7) is 0. The molecular formula is C10H9ClN4O.